The summed E-state index contributed by atoms with van der Waals surface area (Å²) in [5, 5.41) is 20.6. The molecule has 0 fully saturated rings. The van der Waals surface area contributed by atoms with Crippen molar-refractivity contribution in [3.8, 4) is 0 Å². The second kappa shape index (κ2) is 8.78. The molecule has 3 aromatic rings. The number of anilines is 1. The highest BCUT2D eigenvalue weighted by Gasteiger charge is 2.22. The maximum absolute atomic E-state index is 12.5. The van der Waals surface area contributed by atoms with Gasteiger partial charge in [0.05, 0.1) is 16.6 Å². The van der Waals surface area contributed by atoms with Gasteiger partial charge in [-0.2, -0.15) is 0 Å². The number of thiophene rings is 1. The monoisotopic (exact) mass is 433 g/mol. The summed E-state index contributed by atoms with van der Waals surface area (Å²) in [6.45, 7) is 0.338. The summed E-state index contributed by atoms with van der Waals surface area (Å²) in [7, 11) is 0. The topological polar surface area (TPSA) is 180 Å². The number of carbonyl (C=O) groups is 3. The number of fused-ring (bicyclic) bond motifs is 1. The Balaban J connectivity index is 1.64. The Hall–Kier alpha value is -3.67. The van der Waals surface area contributed by atoms with Crippen LogP contribution in [0.15, 0.2) is 29.3 Å². The molecule has 0 unspecified atom stereocenters. The van der Waals surface area contributed by atoms with Crippen molar-refractivity contribution in [3.05, 3.63) is 44.6 Å². The Kier molecular flexibility index (Phi) is 6.16. The van der Waals surface area contributed by atoms with Crippen LogP contribution < -0.4 is 16.6 Å². The molecule has 3 heterocycles. The number of carbonyl (C=O) groups excluding carboxylic acids is 1. The molecule has 30 heavy (non-hydrogen) atoms. The number of aliphatic carboxylic acids is 2. The number of carboxylic acid groups (broad SMARTS) is 2. The SMILES string of the molecule is Nc1cc2c(=O)n(CCc3ccc(C(=O)N[C@@H](CCC(=O)O)C(=O)O)s3)cnc2[nH]1. The minimum atomic E-state index is -1.30. The number of nitrogens with two attached hydrogens (primary N) is 1. The Morgan fingerprint density at radius 2 is 2.07 bits per heavy atom. The number of aryl methyl sites for hydroxylation is 2. The van der Waals surface area contributed by atoms with E-state index in [2.05, 4.69) is 15.3 Å². The van der Waals surface area contributed by atoms with Crippen molar-refractivity contribution in [2.24, 2.45) is 0 Å². The number of carboxylic acids is 2. The molecule has 0 bridgehead atoms. The molecule has 0 aliphatic heterocycles. The van der Waals surface area contributed by atoms with Crippen molar-refractivity contribution < 1.29 is 24.6 Å². The molecule has 158 valence electrons. The highest BCUT2D eigenvalue weighted by molar-refractivity contribution is 7.14. The zero-order valence-electron chi connectivity index (χ0n) is 15.6. The third-order valence-corrected chi connectivity index (χ3v) is 5.51. The maximum atomic E-state index is 12.5. The molecule has 6 N–H and O–H groups in total. The number of amides is 1. The van der Waals surface area contributed by atoms with E-state index in [1.807, 2.05) is 0 Å². The summed E-state index contributed by atoms with van der Waals surface area (Å²) in [4.78, 5) is 54.7. The van der Waals surface area contributed by atoms with Crippen molar-refractivity contribution in [3.63, 3.8) is 0 Å². The first-order valence-corrected chi connectivity index (χ1v) is 9.74. The zero-order chi connectivity index (χ0) is 21.8. The molecule has 1 atom stereocenters. The Labute approximate surface area is 173 Å². The molecule has 3 rings (SSSR count). The Morgan fingerprint density at radius 3 is 2.77 bits per heavy atom. The van der Waals surface area contributed by atoms with Gasteiger partial charge in [0.1, 0.15) is 17.5 Å². The largest absolute Gasteiger partial charge is 0.481 e. The molecular formula is C18H19N5O6S. The normalized spacial score (nSPS) is 12.0. The Bertz CT molecular complexity index is 1160. The summed E-state index contributed by atoms with van der Waals surface area (Å²) in [5.74, 6) is -2.68. The molecule has 3 aromatic heterocycles. The quantitative estimate of drug-likeness (QED) is 0.326. The number of nitrogen functional groups attached to an aromatic ring is 1. The minimum absolute atomic E-state index is 0.212. The fourth-order valence-corrected chi connectivity index (χ4v) is 3.74. The lowest BCUT2D eigenvalue weighted by Crippen LogP contribution is -2.40. The smallest absolute Gasteiger partial charge is 0.326 e. The second-order valence-corrected chi connectivity index (χ2v) is 7.71. The number of nitrogens with one attached hydrogen (secondary N) is 2. The molecular weight excluding hydrogens is 414 g/mol. The first kappa shape index (κ1) is 21.0. The van der Waals surface area contributed by atoms with Gasteiger partial charge in [-0.05, 0) is 31.0 Å². The van der Waals surface area contributed by atoms with Crippen molar-refractivity contribution in [2.45, 2.75) is 31.8 Å². The fourth-order valence-electron chi connectivity index (χ4n) is 2.84. The van der Waals surface area contributed by atoms with Gasteiger partial charge in [-0.25, -0.2) is 9.78 Å². The van der Waals surface area contributed by atoms with Crippen LogP contribution in [0.4, 0.5) is 5.82 Å². The van der Waals surface area contributed by atoms with E-state index in [-0.39, 0.29) is 18.4 Å². The summed E-state index contributed by atoms with van der Waals surface area (Å²) >= 11 is 1.17. The first-order valence-electron chi connectivity index (χ1n) is 8.92. The average Bonchev–Trinajstić information content (AvgIpc) is 3.30. The molecule has 0 radical (unpaired) electrons. The third-order valence-electron chi connectivity index (χ3n) is 4.37. The molecule has 1 amide bonds. The van der Waals surface area contributed by atoms with Crippen LogP contribution in [0.2, 0.25) is 0 Å². The first-order chi connectivity index (χ1) is 14.2. The van der Waals surface area contributed by atoms with Crippen LogP contribution in [0, 0.1) is 0 Å². The van der Waals surface area contributed by atoms with E-state index in [1.54, 1.807) is 12.1 Å². The van der Waals surface area contributed by atoms with Gasteiger partial charge in [0.15, 0.2) is 0 Å². The molecule has 12 heteroatoms. The Morgan fingerprint density at radius 1 is 1.30 bits per heavy atom. The molecule has 0 saturated carbocycles. The molecule has 11 nitrogen and oxygen atoms in total. The van der Waals surface area contributed by atoms with Gasteiger partial charge in [-0.15, -0.1) is 11.3 Å². The van der Waals surface area contributed by atoms with Crippen molar-refractivity contribution in [1.82, 2.24) is 19.9 Å². The zero-order valence-corrected chi connectivity index (χ0v) is 16.4. The molecule has 0 aliphatic carbocycles. The average molecular weight is 433 g/mol. The highest BCUT2D eigenvalue weighted by Crippen LogP contribution is 2.18. The van der Waals surface area contributed by atoms with Gasteiger partial charge in [-0.3, -0.25) is 19.0 Å². The summed E-state index contributed by atoms with van der Waals surface area (Å²) in [6, 6.07) is 3.52. The van der Waals surface area contributed by atoms with E-state index in [0.717, 1.165) is 4.88 Å². The molecule has 0 saturated heterocycles. The van der Waals surface area contributed by atoms with Gasteiger partial charge in [0.2, 0.25) is 0 Å². The fraction of sp³-hybridized carbons (Fsp3) is 0.278. The predicted molar refractivity (Wildman–Crippen MR) is 109 cm³/mol. The molecule has 0 aromatic carbocycles. The summed E-state index contributed by atoms with van der Waals surface area (Å²) < 4.78 is 1.45. The number of nitrogens with zero attached hydrogens (tertiary/aromatic N) is 2. The standard InChI is InChI=1S/C18H19N5O6S/c19-13-7-10-15(22-13)20-8-23(17(10)27)6-5-9-1-3-12(30-9)16(26)21-11(18(28)29)2-4-14(24)25/h1,3,7-8,11,22H,2,4-6,19H2,(H,21,26)(H,24,25)(H,28,29)/t11-/m0/s1. The van der Waals surface area contributed by atoms with Crippen molar-refractivity contribution in [2.75, 3.05) is 5.73 Å². The summed E-state index contributed by atoms with van der Waals surface area (Å²) in [5.41, 5.74) is 5.83. The highest BCUT2D eigenvalue weighted by atomic mass is 32.1. The number of rotatable bonds is 9. The number of H-pyrrole nitrogens is 1. The van der Waals surface area contributed by atoms with Crippen LogP contribution in [0.1, 0.15) is 27.4 Å². The van der Waals surface area contributed by atoms with Crippen LogP contribution in [0.3, 0.4) is 0 Å². The third kappa shape index (κ3) is 4.84. The summed E-state index contributed by atoms with van der Waals surface area (Å²) in [6.07, 6.45) is 1.30. The maximum Gasteiger partial charge on any atom is 0.326 e. The van der Waals surface area contributed by atoms with Crippen LogP contribution >= 0.6 is 11.3 Å². The van der Waals surface area contributed by atoms with Gasteiger partial charge < -0.3 is 26.2 Å². The predicted octanol–water partition coefficient (Wildman–Crippen LogP) is 0.659. The molecule has 0 spiro atoms. The van der Waals surface area contributed by atoms with Crippen molar-refractivity contribution in [1.29, 1.82) is 0 Å². The van der Waals surface area contributed by atoms with E-state index in [9.17, 15) is 19.2 Å². The number of aromatic nitrogens is 3. The van der Waals surface area contributed by atoms with Gasteiger partial charge >= 0.3 is 11.9 Å². The van der Waals surface area contributed by atoms with E-state index in [4.69, 9.17) is 15.9 Å². The number of hydrogen-bond acceptors (Lipinski definition) is 7. The van der Waals surface area contributed by atoms with E-state index in [1.165, 1.54) is 28.3 Å². The lowest BCUT2D eigenvalue weighted by atomic mass is 10.1. The van der Waals surface area contributed by atoms with E-state index < -0.39 is 23.9 Å². The minimum Gasteiger partial charge on any atom is -0.481 e. The lowest BCUT2D eigenvalue weighted by Gasteiger charge is -2.12. The van der Waals surface area contributed by atoms with Crippen LogP contribution in [-0.2, 0) is 22.6 Å². The van der Waals surface area contributed by atoms with Gasteiger partial charge in [0, 0.05) is 17.8 Å². The van der Waals surface area contributed by atoms with E-state index in [0.29, 0.717) is 34.7 Å². The number of aromatic amines is 1. The number of hydrogen-bond donors (Lipinski definition) is 5. The lowest BCUT2D eigenvalue weighted by molar-refractivity contribution is -0.140. The molecule has 0 aliphatic rings. The van der Waals surface area contributed by atoms with E-state index >= 15 is 0 Å². The second-order valence-electron chi connectivity index (χ2n) is 6.54. The van der Waals surface area contributed by atoms with Crippen LogP contribution in [-0.4, -0.2) is 48.6 Å². The van der Waals surface area contributed by atoms with Crippen molar-refractivity contribution >= 4 is 46.0 Å². The van der Waals surface area contributed by atoms with Gasteiger partial charge in [-0.1, -0.05) is 0 Å². The van der Waals surface area contributed by atoms with Crippen LogP contribution in [0.5, 0.6) is 0 Å². The van der Waals surface area contributed by atoms with Gasteiger partial charge in [0.25, 0.3) is 11.5 Å². The van der Waals surface area contributed by atoms with Crippen LogP contribution in [0.25, 0.3) is 11.0 Å².